The van der Waals surface area contributed by atoms with Gasteiger partial charge in [-0.15, -0.1) is 0 Å². The number of unbranched alkanes of at least 4 members (excludes halogenated alkanes) is 1. The van der Waals surface area contributed by atoms with Gasteiger partial charge in [0, 0.05) is 18.5 Å². The molecule has 0 saturated carbocycles. The molecular weight excluding hydrogens is 309 g/mol. The van der Waals surface area contributed by atoms with E-state index in [0.29, 0.717) is 0 Å². The summed E-state index contributed by atoms with van der Waals surface area (Å²) in [5, 5.41) is 7.37. The number of nitrogens with two attached hydrogens (primary N) is 1. The molecule has 1 aromatic rings. The zero-order valence-electron chi connectivity index (χ0n) is 11.0. The van der Waals surface area contributed by atoms with Crippen LogP contribution in [0.1, 0.15) is 29.6 Å². The predicted octanol–water partition coefficient (Wildman–Crippen LogP) is 1.80. The molecular formula is C12H15F3N2O3S. The number of halogens is 3. The summed E-state index contributed by atoms with van der Waals surface area (Å²) in [4.78, 5) is 11.5. The lowest BCUT2D eigenvalue weighted by Crippen LogP contribution is -2.24. The molecule has 0 fully saturated rings. The Balaban J connectivity index is 2.43. The van der Waals surface area contributed by atoms with Gasteiger partial charge in [-0.2, -0.15) is 13.2 Å². The third kappa shape index (κ3) is 6.58. The quantitative estimate of drug-likeness (QED) is 0.782. The Morgan fingerprint density at radius 2 is 1.71 bits per heavy atom. The fourth-order valence-corrected chi connectivity index (χ4v) is 2.07. The Labute approximate surface area is 120 Å². The van der Waals surface area contributed by atoms with Crippen molar-refractivity contribution in [1.82, 2.24) is 5.32 Å². The van der Waals surface area contributed by atoms with Gasteiger partial charge in [0.15, 0.2) is 0 Å². The van der Waals surface area contributed by atoms with Crippen LogP contribution in [-0.4, -0.2) is 27.0 Å². The van der Waals surface area contributed by atoms with Gasteiger partial charge >= 0.3 is 6.18 Å². The summed E-state index contributed by atoms with van der Waals surface area (Å²) >= 11 is 0. The highest BCUT2D eigenvalue weighted by molar-refractivity contribution is 7.89. The molecule has 0 aromatic heterocycles. The van der Waals surface area contributed by atoms with E-state index in [2.05, 4.69) is 5.32 Å². The van der Waals surface area contributed by atoms with E-state index in [9.17, 15) is 26.4 Å². The summed E-state index contributed by atoms with van der Waals surface area (Å²) in [7, 11) is -3.82. The van der Waals surface area contributed by atoms with Gasteiger partial charge in [0.25, 0.3) is 5.91 Å². The maximum atomic E-state index is 11.9. The second kappa shape index (κ2) is 6.90. The highest BCUT2D eigenvalue weighted by Crippen LogP contribution is 2.21. The largest absolute Gasteiger partial charge is 0.389 e. The van der Waals surface area contributed by atoms with Crippen molar-refractivity contribution in [3.63, 3.8) is 0 Å². The Hall–Kier alpha value is -1.61. The fourth-order valence-electron chi connectivity index (χ4n) is 1.55. The molecule has 0 bridgehead atoms. The maximum Gasteiger partial charge on any atom is 0.389 e. The normalized spacial score (nSPS) is 12.2. The number of alkyl halides is 3. The van der Waals surface area contributed by atoms with Gasteiger partial charge in [0.05, 0.1) is 4.90 Å². The minimum atomic E-state index is -4.19. The van der Waals surface area contributed by atoms with Crippen LogP contribution in [0.5, 0.6) is 0 Å². The molecule has 0 aliphatic heterocycles. The lowest BCUT2D eigenvalue weighted by Gasteiger charge is -2.07. The van der Waals surface area contributed by atoms with Crippen LogP contribution in [0.2, 0.25) is 0 Å². The minimum absolute atomic E-state index is 0.0614. The summed E-state index contributed by atoms with van der Waals surface area (Å²) in [6.45, 7) is 0.117. The number of amides is 1. The van der Waals surface area contributed by atoms with Crippen LogP contribution in [0.15, 0.2) is 29.2 Å². The first-order valence-corrected chi connectivity index (χ1v) is 7.62. The van der Waals surface area contributed by atoms with Gasteiger partial charge in [0.2, 0.25) is 10.0 Å². The molecule has 5 nitrogen and oxygen atoms in total. The van der Waals surface area contributed by atoms with E-state index in [1.165, 1.54) is 24.3 Å². The van der Waals surface area contributed by atoms with Crippen LogP contribution in [-0.2, 0) is 10.0 Å². The molecule has 0 saturated heterocycles. The first-order chi connectivity index (χ1) is 9.59. The van der Waals surface area contributed by atoms with Crippen molar-refractivity contribution in [2.45, 2.75) is 30.3 Å². The van der Waals surface area contributed by atoms with Crippen LogP contribution in [0.3, 0.4) is 0 Å². The Morgan fingerprint density at radius 1 is 1.14 bits per heavy atom. The zero-order valence-corrected chi connectivity index (χ0v) is 11.8. The molecule has 3 N–H and O–H groups in total. The molecule has 0 radical (unpaired) electrons. The first-order valence-electron chi connectivity index (χ1n) is 6.07. The lowest BCUT2D eigenvalue weighted by atomic mass is 10.2. The van der Waals surface area contributed by atoms with E-state index in [0.717, 1.165) is 0 Å². The summed E-state index contributed by atoms with van der Waals surface area (Å²) in [6.07, 6.45) is -4.92. The average Bonchev–Trinajstić information content (AvgIpc) is 2.36. The van der Waals surface area contributed by atoms with Gasteiger partial charge in [0.1, 0.15) is 0 Å². The monoisotopic (exact) mass is 324 g/mol. The van der Waals surface area contributed by atoms with Crippen molar-refractivity contribution >= 4 is 15.9 Å². The van der Waals surface area contributed by atoms with Crippen molar-refractivity contribution < 1.29 is 26.4 Å². The van der Waals surface area contributed by atoms with Gasteiger partial charge < -0.3 is 5.32 Å². The smallest absolute Gasteiger partial charge is 0.352 e. The highest BCUT2D eigenvalue weighted by Gasteiger charge is 2.25. The second-order valence-electron chi connectivity index (χ2n) is 4.40. The fraction of sp³-hybridized carbons (Fsp3) is 0.417. The van der Waals surface area contributed by atoms with E-state index >= 15 is 0 Å². The van der Waals surface area contributed by atoms with Crippen LogP contribution < -0.4 is 10.5 Å². The molecule has 118 valence electrons. The van der Waals surface area contributed by atoms with Crippen molar-refractivity contribution in [3.8, 4) is 0 Å². The Bertz CT molecular complexity index is 583. The highest BCUT2D eigenvalue weighted by atomic mass is 32.2. The second-order valence-corrected chi connectivity index (χ2v) is 5.96. The Kier molecular flexibility index (Phi) is 5.73. The van der Waals surface area contributed by atoms with Crippen molar-refractivity contribution in [1.29, 1.82) is 0 Å². The lowest BCUT2D eigenvalue weighted by molar-refractivity contribution is -0.135. The molecule has 21 heavy (non-hydrogen) atoms. The predicted molar refractivity (Wildman–Crippen MR) is 70.1 cm³/mol. The van der Waals surface area contributed by atoms with Crippen LogP contribution in [0.25, 0.3) is 0 Å². The number of nitrogens with one attached hydrogen (secondary N) is 1. The van der Waals surface area contributed by atoms with E-state index < -0.39 is 28.5 Å². The number of rotatable bonds is 6. The molecule has 9 heteroatoms. The first kappa shape index (κ1) is 17.4. The van der Waals surface area contributed by atoms with Gasteiger partial charge in [-0.25, -0.2) is 13.6 Å². The molecule has 0 atom stereocenters. The van der Waals surface area contributed by atoms with Crippen LogP contribution in [0.4, 0.5) is 13.2 Å². The molecule has 0 spiro atoms. The third-order valence-electron chi connectivity index (χ3n) is 2.62. The number of hydrogen-bond donors (Lipinski definition) is 2. The topological polar surface area (TPSA) is 89.3 Å². The molecule has 1 amide bonds. The van der Waals surface area contributed by atoms with E-state index in [4.69, 9.17) is 5.14 Å². The average molecular weight is 324 g/mol. The van der Waals surface area contributed by atoms with Gasteiger partial charge in [-0.1, -0.05) is 0 Å². The van der Waals surface area contributed by atoms with E-state index in [1.807, 2.05) is 0 Å². The van der Waals surface area contributed by atoms with Crippen molar-refractivity contribution in [2.75, 3.05) is 6.54 Å². The summed E-state index contributed by atoms with van der Waals surface area (Å²) < 4.78 is 57.7. The maximum absolute atomic E-state index is 11.9. The molecule has 0 aliphatic rings. The number of primary sulfonamides is 1. The van der Waals surface area contributed by atoms with E-state index in [-0.39, 0.29) is 29.8 Å². The van der Waals surface area contributed by atoms with E-state index in [1.54, 1.807) is 0 Å². The third-order valence-corrected chi connectivity index (χ3v) is 3.55. The minimum Gasteiger partial charge on any atom is -0.352 e. The van der Waals surface area contributed by atoms with Crippen LogP contribution in [0, 0.1) is 0 Å². The number of benzene rings is 1. The number of carbonyl (C=O) groups is 1. The number of carbonyl (C=O) groups excluding carboxylic acids is 1. The van der Waals surface area contributed by atoms with Crippen LogP contribution >= 0.6 is 0 Å². The van der Waals surface area contributed by atoms with Crippen molar-refractivity contribution in [2.24, 2.45) is 5.14 Å². The number of sulfonamides is 1. The van der Waals surface area contributed by atoms with Gasteiger partial charge in [-0.3, -0.25) is 4.79 Å². The molecule has 0 aliphatic carbocycles. The molecule has 1 rings (SSSR count). The molecule has 0 unspecified atom stereocenters. The Morgan fingerprint density at radius 3 is 2.19 bits per heavy atom. The summed E-state index contributed by atoms with van der Waals surface area (Å²) in [5.74, 6) is -0.483. The zero-order chi connectivity index (χ0) is 16.1. The van der Waals surface area contributed by atoms with Crippen molar-refractivity contribution in [3.05, 3.63) is 29.8 Å². The number of hydrogen-bond acceptors (Lipinski definition) is 3. The molecule has 0 heterocycles. The summed E-state index contributed by atoms with van der Waals surface area (Å²) in [5.41, 5.74) is 0.207. The molecule has 1 aromatic carbocycles. The summed E-state index contributed by atoms with van der Waals surface area (Å²) in [6, 6.07) is 4.94. The SMILES string of the molecule is NS(=O)(=O)c1ccc(C(=O)NCCCCC(F)(F)F)cc1. The van der Waals surface area contributed by atoms with Gasteiger partial charge in [-0.05, 0) is 37.1 Å². The standard InChI is InChI=1S/C12H15F3N2O3S/c13-12(14,15)7-1-2-8-17-11(18)9-3-5-10(6-4-9)21(16,19)20/h3-6H,1-2,7-8H2,(H,17,18)(H2,16,19,20).